The van der Waals surface area contributed by atoms with E-state index in [-0.39, 0.29) is 0 Å². The van der Waals surface area contributed by atoms with Crippen LogP contribution >= 0.6 is 11.6 Å². The van der Waals surface area contributed by atoms with Crippen molar-refractivity contribution in [1.29, 1.82) is 0 Å². The fraction of sp³-hybridized carbons (Fsp3) is 1.00. The lowest BCUT2D eigenvalue weighted by Crippen LogP contribution is -2.40. The largest absolute Gasteiger partial charge is 0.301 e. The van der Waals surface area contributed by atoms with Crippen molar-refractivity contribution in [2.24, 2.45) is 5.92 Å². The molecule has 0 spiro atoms. The predicted octanol–water partition coefficient (Wildman–Crippen LogP) is 3.52. The molecule has 1 aliphatic heterocycles. The fourth-order valence-electron chi connectivity index (χ4n) is 2.37. The maximum atomic E-state index is 5.66. The van der Waals surface area contributed by atoms with Gasteiger partial charge in [0.25, 0.3) is 0 Å². The molecule has 0 bridgehead atoms. The maximum Gasteiger partial charge on any atom is 0.0223 e. The highest BCUT2D eigenvalue weighted by atomic mass is 35.5. The molecular formula is C12H24ClN. The summed E-state index contributed by atoms with van der Waals surface area (Å²) in [6.45, 7) is 7.34. The zero-order chi connectivity index (χ0) is 10.4. The molecule has 0 N–H and O–H groups in total. The summed E-state index contributed by atoms with van der Waals surface area (Å²) in [5, 5.41) is 0. The van der Waals surface area contributed by atoms with Gasteiger partial charge in [-0.05, 0) is 51.6 Å². The Hall–Kier alpha value is 0.250. The van der Waals surface area contributed by atoms with Gasteiger partial charge in [0.2, 0.25) is 0 Å². The normalized spacial score (nSPS) is 29.4. The highest BCUT2D eigenvalue weighted by Gasteiger charge is 2.21. The summed E-state index contributed by atoms with van der Waals surface area (Å²) >= 11 is 5.66. The van der Waals surface area contributed by atoms with E-state index in [2.05, 4.69) is 18.7 Å². The number of hydrogen-bond acceptors (Lipinski definition) is 1. The second kappa shape index (κ2) is 6.68. The van der Waals surface area contributed by atoms with Crippen molar-refractivity contribution in [3.05, 3.63) is 0 Å². The molecular weight excluding hydrogens is 194 g/mol. The van der Waals surface area contributed by atoms with Crippen molar-refractivity contribution in [2.75, 3.05) is 19.0 Å². The lowest BCUT2D eigenvalue weighted by Gasteiger charge is -2.36. The molecule has 84 valence electrons. The molecule has 0 amide bonds. The molecule has 0 saturated carbocycles. The lowest BCUT2D eigenvalue weighted by atomic mass is 9.93. The van der Waals surface area contributed by atoms with Gasteiger partial charge in [0.05, 0.1) is 0 Å². The number of halogens is 1. The highest BCUT2D eigenvalue weighted by Crippen LogP contribution is 2.22. The van der Waals surface area contributed by atoms with Gasteiger partial charge in [-0.3, -0.25) is 0 Å². The Morgan fingerprint density at radius 2 is 2.00 bits per heavy atom. The SMILES string of the molecule is CC1CCN(CCCCCCl)C(C)C1. The fourth-order valence-corrected chi connectivity index (χ4v) is 2.56. The van der Waals surface area contributed by atoms with Crippen LogP contribution in [-0.4, -0.2) is 29.9 Å². The third-order valence-corrected chi connectivity index (χ3v) is 3.62. The van der Waals surface area contributed by atoms with E-state index in [9.17, 15) is 0 Å². The third kappa shape index (κ3) is 4.18. The van der Waals surface area contributed by atoms with Crippen LogP contribution < -0.4 is 0 Å². The van der Waals surface area contributed by atoms with Crippen LogP contribution in [0, 0.1) is 5.92 Å². The molecule has 1 heterocycles. The molecule has 0 aliphatic carbocycles. The molecule has 0 aromatic heterocycles. The topological polar surface area (TPSA) is 3.24 Å². The minimum absolute atomic E-state index is 0.801. The van der Waals surface area contributed by atoms with Crippen LogP contribution in [0.1, 0.15) is 46.0 Å². The number of rotatable bonds is 5. The van der Waals surface area contributed by atoms with E-state index in [4.69, 9.17) is 11.6 Å². The van der Waals surface area contributed by atoms with Gasteiger partial charge in [0, 0.05) is 11.9 Å². The summed E-state index contributed by atoms with van der Waals surface area (Å²) < 4.78 is 0. The minimum atomic E-state index is 0.801. The van der Waals surface area contributed by atoms with Gasteiger partial charge in [-0.15, -0.1) is 11.6 Å². The van der Waals surface area contributed by atoms with Crippen molar-refractivity contribution >= 4 is 11.6 Å². The number of unbranched alkanes of at least 4 members (excludes halogenated alkanes) is 2. The van der Waals surface area contributed by atoms with Crippen LogP contribution in [0.15, 0.2) is 0 Å². The molecule has 2 unspecified atom stereocenters. The van der Waals surface area contributed by atoms with Crippen LogP contribution in [0.25, 0.3) is 0 Å². The Bertz CT molecular complexity index is 149. The van der Waals surface area contributed by atoms with Crippen LogP contribution in [0.5, 0.6) is 0 Å². The zero-order valence-corrected chi connectivity index (χ0v) is 10.4. The molecule has 1 saturated heterocycles. The number of hydrogen-bond donors (Lipinski definition) is 0. The molecule has 1 fully saturated rings. The second-order valence-corrected chi connectivity index (χ2v) is 5.14. The lowest BCUT2D eigenvalue weighted by molar-refractivity contribution is 0.127. The molecule has 0 aromatic rings. The van der Waals surface area contributed by atoms with Crippen molar-refractivity contribution in [3.8, 4) is 0 Å². The molecule has 1 nitrogen and oxygen atoms in total. The minimum Gasteiger partial charge on any atom is -0.301 e. The van der Waals surface area contributed by atoms with E-state index < -0.39 is 0 Å². The van der Waals surface area contributed by atoms with Crippen LogP contribution in [0.2, 0.25) is 0 Å². The van der Waals surface area contributed by atoms with Gasteiger partial charge in [-0.1, -0.05) is 13.3 Å². The Kier molecular flexibility index (Phi) is 5.88. The van der Waals surface area contributed by atoms with Gasteiger partial charge in [-0.2, -0.15) is 0 Å². The van der Waals surface area contributed by atoms with E-state index in [1.165, 1.54) is 45.2 Å². The van der Waals surface area contributed by atoms with Crippen LogP contribution in [0.3, 0.4) is 0 Å². The monoisotopic (exact) mass is 217 g/mol. The Morgan fingerprint density at radius 3 is 2.64 bits per heavy atom. The van der Waals surface area contributed by atoms with E-state index in [1.807, 2.05) is 0 Å². The standard InChI is InChI=1S/C12H24ClN/c1-11-6-9-14(12(2)10-11)8-5-3-4-7-13/h11-12H,3-10H2,1-2H3. The summed E-state index contributed by atoms with van der Waals surface area (Å²) in [6, 6.07) is 0.801. The first-order valence-electron chi connectivity index (χ1n) is 6.04. The smallest absolute Gasteiger partial charge is 0.0223 e. The molecule has 2 atom stereocenters. The van der Waals surface area contributed by atoms with Crippen molar-refractivity contribution in [3.63, 3.8) is 0 Å². The molecule has 0 aromatic carbocycles. The average molecular weight is 218 g/mol. The highest BCUT2D eigenvalue weighted by molar-refractivity contribution is 6.17. The number of nitrogens with zero attached hydrogens (tertiary/aromatic N) is 1. The van der Waals surface area contributed by atoms with E-state index in [1.54, 1.807) is 0 Å². The van der Waals surface area contributed by atoms with Gasteiger partial charge in [0.15, 0.2) is 0 Å². The summed E-state index contributed by atoms with van der Waals surface area (Å²) in [4.78, 5) is 2.65. The Morgan fingerprint density at radius 1 is 1.21 bits per heavy atom. The molecule has 0 radical (unpaired) electrons. The summed E-state index contributed by atoms with van der Waals surface area (Å²) in [6.07, 6.45) is 6.57. The third-order valence-electron chi connectivity index (χ3n) is 3.35. The zero-order valence-electron chi connectivity index (χ0n) is 9.64. The summed E-state index contributed by atoms with van der Waals surface area (Å²) in [7, 11) is 0. The number of likely N-dealkylation sites (tertiary alicyclic amines) is 1. The number of alkyl halides is 1. The van der Waals surface area contributed by atoms with E-state index >= 15 is 0 Å². The molecule has 14 heavy (non-hydrogen) atoms. The average Bonchev–Trinajstić information content (AvgIpc) is 2.15. The summed E-state index contributed by atoms with van der Waals surface area (Å²) in [5.74, 6) is 1.76. The second-order valence-electron chi connectivity index (χ2n) is 4.76. The maximum absolute atomic E-state index is 5.66. The quantitative estimate of drug-likeness (QED) is 0.503. The Balaban J connectivity index is 2.11. The summed E-state index contributed by atoms with van der Waals surface area (Å²) in [5.41, 5.74) is 0. The first-order valence-corrected chi connectivity index (χ1v) is 6.57. The van der Waals surface area contributed by atoms with Crippen molar-refractivity contribution < 1.29 is 0 Å². The van der Waals surface area contributed by atoms with Crippen LogP contribution in [0.4, 0.5) is 0 Å². The number of piperidine rings is 1. The van der Waals surface area contributed by atoms with Gasteiger partial charge >= 0.3 is 0 Å². The molecule has 1 rings (SSSR count). The predicted molar refractivity (Wildman–Crippen MR) is 64.0 cm³/mol. The van der Waals surface area contributed by atoms with E-state index in [0.29, 0.717) is 0 Å². The van der Waals surface area contributed by atoms with E-state index in [0.717, 1.165) is 17.8 Å². The molecule has 1 aliphatic rings. The first kappa shape index (κ1) is 12.3. The Labute approximate surface area is 93.8 Å². The molecule has 2 heteroatoms. The van der Waals surface area contributed by atoms with Gasteiger partial charge in [0.1, 0.15) is 0 Å². The van der Waals surface area contributed by atoms with Crippen LogP contribution in [-0.2, 0) is 0 Å². The van der Waals surface area contributed by atoms with Gasteiger partial charge in [-0.25, -0.2) is 0 Å². The van der Waals surface area contributed by atoms with Gasteiger partial charge < -0.3 is 4.90 Å². The van der Waals surface area contributed by atoms with Crippen molar-refractivity contribution in [2.45, 2.75) is 52.0 Å². The first-order chi connectivity index (χ1) is 6.74. The van der Waals surface area contributed by atoms with Crippen molar-refractivity contribution in [1.82, 2.24) is 4.90 Å².